The first-order chi connectivity index (χ1) is 5.15. The number of nitrogens with one attached hydrogen (secondary N) is 1. The zero-order chi connectivity index (χ0) is 9.78. The minimum atomic E-state index is 0.205. The van der Waals surface area contributed by atoms with Gasteiger partial charge >= 0.3 is 0 Å². The van der Waals surface area contributed by atoms with E-state index in [0.717, 1.165) is 0 Å². The van der Waals surface area contributed by atoms with Crippen LogP contribution in [0.4, 0.5) is 0 Å². The molecule has 1 fully saturated rings. The summed E-state index contributed by atoms with van der Waals surface area (Å²) in [5.74, 6) is 0. The first-order valence-corrected chi connectivity index (χ1v) is 4.62. The average molecular weight is 170 g/mol. The molecular weight excluding hydrogens is 148 g/mol. The lowest BCUT2D eigenvalue weighted by molar-refractivity contribution is 0.139. The summed E-state index contributed by atoms with van der Waals surface area (Å²) >= 11 is 0. The Kier molecular flexibility index (Phi) is 1.86. The Balaban J connectivity index is 2.85. The second kappa shape index (κ2) is 2.24. The van der Waals surface area contributed by atoms with Gasteiger partial charge < -0.3 is 10.2 Å². The van der Waals surface area contributed by atoms with Crippen LogP contribution < -0.4 is 5.32 Å². The number of likely N-dealkylation sites (N-methyl/N-ethyl adjacent to an activating group) is 1. The number of rotatable bonds is 2. The Labute approximate surface area is 76.3 Å². The van der Waals surface area contributed by atoms with Crippen LogP contribution in [0.1, 0.15) is 34.6 Å². The standard InChI is InChI=1S/C10H22N2/c1-8(2)10(5,11-8)9(3,4)12(6)7/h11H,1-7H3. The highest BCUT2D eigenvalue weighted by atomic mass is 15.3. The van der Waals surface area contributed by atoms with Gasteiger partial charge in [-0.3, -0.25) is 0 Å². The zero-order valence-electron chi connectivity index (χ0n) is 9.45. The third kappa shape index (κ3) is 1.01. The van der Waals surface area contributed by atoms with Gasteiger partial charge in [0, 0.05) is 11.1 Å². The van der Waals surface area contributed by atoms with Gasteiger partial charge in [-0.05, 0) is 48.7 Å². The van der Waals surface area contributed by atoms with Crippen molar-refractivity contribution in [1.29, 1.82) is 0 Å². The molecule has 72 valence electrons. The number of nitrogens with zero attached hydrogens (tertiary/aromatic N) is 1. The molecule has 0 aromatic carbocycles. The second-order valence-corrected chi connectivity index (χ2v) is 5.33. The van der Waals surface area contributed by atoms with Crippen LogP contribution in [-0.4, -0.2) is 35.6 Å². The van der Waals surface area contributed by atoms with E-state index in [1.807, 2.05) is 0 Å². The van der Waals surface area contributed by atoms with Gasteiger partial charge in [0.15, 0.2) is 0 Å². The minimum Gasteiger partial charge on any atom is -0.302 e. The molecule has 1 saturated heterocycles. The Morgan fingerprint density at radius 3 is 1.50 bits per heavy atom. The molecular formula is C10H22N2. The van der Waals surface area contributed by atoms with Gasteiger partial charge in [0.25, 0.3) is 0 Å². The van der Waals surface area contributed by atoms with Crippen LogP contribution in [0.2, 0.25) is 0 Å². The van der Waals surface area contributed by atoms with Crippen molar-refractivity contribution in [3.8, 4) is 0 Å². The minimum absolute atomic E-state index is 0.205. The lowest BCUT2D eigenvalue weighted by Crippen LogP contribution is -2.53. The van der Waals surface area contributed by atoms with Crippen molar-refractivity contribution in [1.82, 2.24) is 10.2 Å². The highest BCUT2D eigenvalue weighted by Crippen LogP contribution is 2.47. The Bertz CT molecular complexity index is 191. The molecule has 1 heterocycles. The zero-order valence-corrected chi connectivity index (χ0v) is 9.45. The van der Waals surface area contributed by atoms with Gasteiger partial charge in [-0.2, -0.15) is 0 Å². The molecule has 2 nitrogen and oxygen atoms in total. The maximum absolute atomic E-state index is 3.56. The molecule has 1 rings (SSSR count). The van der Waals surface area contributed by atoms with Crippen molar-refractivity contribution < 1.29 is 0 Å². The smallest absolute Gasteiger partial charge is 0.0515 e. The molecule has 0 saturated carbocycles. The van der Waals surface area contributed by atoms with Gasteiger partial charge in [-0.25, -0.2) is 0 Å². The monoisotopic (exact) mass is 170 g/mol. The molecule has 0 bridgehead atoms. The van der Waals surface area contributed by atoms with Crippen molar-refractivity contribution in [3.63, 3.8) is 0 Å². The molecule has 0 spiro atoms. The van der Waals surface area contributed by atoms with Crippen molar-refractivity contribution >= 4 is 0 Å². The van der Waals surface area contributed by atoms with E-state index in [-0.39, 0.29) is 16.6 Å². The van der Waals surface area contributed by atoms with E-state index >= 15 is 0 Å². The van der Waals surface area contributed by atoms with Crippen molar-refractivity contribution in [2.75, 3.05) is 14.1 Å². The van der Waals surface area contributed by atoms with Gasteiger partial charge in [-0.15, -0.1) is 0 Å². The second-order valence-electron chi connectivity index (χ2n) is 5.33. The lowest BCUT2D eigenvalue weighted by Gasteiger charge is -2.39. The summed E-state index contributed by atoms with van der Waals surface area (Å²) in [5.41, 5.74) is 0.723. The van der Waals surface area contributed by atoms with Crippen LogP contribution in [0.3, 0.4) is 0 Å². The average Bonchev–Trinajstić information content (AvgIpc) is 2.33. The molecule has 0 aliphatic carbocycles. The highest BCUT2D eigenvalue weighted by molar-refractivity contribution is 5.28. The molecule has 0 amide bonds. The molecule has 1 atom stereocenters. The topological polar surface area (TPSA) is 25.2 Å². The van der Waals surface area contributed by atoms with Crippen molar-refractivity contribution in [2.24, 2.45) is 0 Å². The molecule has 1 aliphatic rings. The summed E-state index contributed by atoms with van der Waals surface area (Å²) in [7, 11) is 4.28. The molecule has 1 N–H and O–H groups in total. The van der Waals surface area contributed by atoms with E-state index in [9.17, 15) is 0 Å². The lowest BCUT2D eigenvalue weighted by atomic mass is 9.80. The van der Waals surface area contributed by atoms with Gasteiger partial charge in [0.05, 0.1) is 5.54 Å². The van der Waals surface area contributed by atoms with Crippen LogP contribution in [0.25, 0.3) is 0 Å². The summed E-state index contributed by atoms with van der Waals surface area (Å²) < 4.78 is 0. The van der Waals surface area contributed by atoms with Gasteiger partial charge in [0.2, 0.25) is 0 Å². The Hall–Kier alpha value is -0.0800. The van der Waals surface area contributed by atoms with Gasteiger partial charge in [-0.1, -0.05) is 0 Å². The molecule has 1 unspecified atom stereocenters. The molecule has 0 aromatic heterocycles. The van der Waals surface area contributed by atoms with E-state index in [0.29, 0.717) is 0 Å². The van der Waals surface area contributed by atoms with Crippen LogP contribution >= 0.6 is 0 Å². The maximum atomic E-state index is 3.56. The van der Waals surface area contributed by atoms with Crippen LogP contribution in [0.15, 0.2) is 0 Å². The fraction of sp³-hybridized carbons (Fsp3) is 1.00. The molecule has 1 aliphatic heterocycles. The largest absolute Gasteiger partial charge is 0.302 e. The molecule has 12 heavy (non-hydrogen) atoms. The first kappa shape index (κ1) is 10.0. The highest BCUT2D eigenvalue weighted by Gasteiger charge is 2.65. The van der Waals surface area contributed by atoms with E-state index in [4.69, 9.17) is 0 Å². The summed E-state index contributed by atoms with van der Waals surface area (Å²) in [6.45, 7) is 11.4. The van der Waals surface area contributed by atoms with E-state index < -0.39 is 0 Å². The summed E-state index contributed by atoms with van der Waals surface area (Å²) in [6, 6.07) is 0. The van der Waals surface area contributed by atoms with Crippen molar-refractivity contribution in [2.45, 2.75) is 51.2 Å². The van der Waals surface area contributed by atoms with E-state index in [2.05, 4.69) is 58.9 Å². The van der Waals surface area contributed by atoms with Gasteiger partial charge in [0.1, 0.15) is 0 Å². The van der Waals surface area contributed by atoms with E-state index in [1.54, 1.807) is 0 Å². The predicted molar refractivity (Wildman–Crippen MR) is 53.4 cm³/mol. The fourth-order valence-corrected chi connectivity index (χ4v) is 1.96. The van der Waals surface area contributed by atoms with Crippen molar-refractivity contribution in [3.05, 3.63) is 0 Å². The SMILES string of the molecule is CN(C)C(C)(C)C1(C)NC1(C)C. The summed E-state index contributed by atoms with van der Waals surface area (Å²) in [4.78, 5) is 2.29. The third-order valence-corrected chi connectivity index (χ3v) is 4.09. The molecule has 0 radical (unpaired) electrons. The molecule has 2 heteroatoms. The van der Waals surface area contributed by atoms with Crippen LogP contribution in [0.5, 0.6) is 0 Å². The Morgan fingerprint density at radius 1 is 1.08 bits per heavy atom. The Morgan fingerprint density at radius 2 is 1.42 bits per heavy atom. The summed E-state index contributed by atoms with van der Waals surface area (Å²) in [6.07, 6.45) is 0. The summed E-state index contributed by atoms with van der Waals surface area (Å²) in [5, 5.41) is 3.56. The number of hydrogen-bond donors (Lipinski definition) is 1. The molecule has 0 aromatic rings. The van der Waals surface area contributed by atoms with Crippen LogP contribution in [0, 0.1) is 0 Å². The first-order valence-electron chi connectivity index (χ1n) is 4.62. The quantitative estimate of drug-likeness (QED) is 0.635. The van der Waals surface area contributed by atoms with Crippen LogP contribution in [-0.2, 0) is 0 Å². The normalized spacial score (nSPS) is 34.0. The van der Waals surface area contributed by atoms with E-state index in [1.165, 1.54) is 0 Å². The maximum Gasteiger partial charge on any atom is 0.0515 e. The number of hydrogen-bond acceptors (Lipinski definition) is 2. The fourth-order valence-electron chi connectivity index (χ4n) is 1.96. The predicted octanol–water partition coefficient (Wildman–Crippen LogP) is 1.47. The third-order valence-electron chi connectivity index (χ3n) is 4.09.